The van der Waals surface area contributed by atoms with Crippen molar-refractivity contribution in [1.29, 1.82) is 0 Å². The van der Waals surface area contributed by atoms with Crippen LogP contribution in [0.3, 0.4) is 0 Å². The Hall–Kier alpha value is -1.10. The maximum absolute atomic E-state index is 12.2. The van der Waals surface area contributed by atoms with Gasteiger partial charge in [-0.2, -0.15) is 0 Å². The topological polar surface area (TPSA) is 51.0 Å². The van der Waals surface area contributed by atoms with Gasteiger partial charge in [-0.05, 0) is 20.3 Å². The van der Waals surface area contributed by atoms with E-state index in [0.717, 1.165) is 31.0 Å². The Bertz CT molecular complexity index is 455. The minimum absolute atomic E-state index is 0.0350. The van der Waals surface area contributed by atoms with E-state index in [-0.39, 0.29) is 5.91 Å². The quantitative estimate of drug-likeness (QED) is 0.778. The summed E-state index contributed by atoms with van der Waals surface area (Å²) in [5.41, 5.74) is -0.538. The van der Waals surface area contributed by atoms with Crippen molar-refractivity contribution in [1.82, 2.24) is 19.7 Å². The highest BCUT2D eigenvalue weighted by Crippen LogP contribution is 2.21. The molecule has 0 N–H and O–H groups in total. The summed E-state index contributed by atoms with van der Waals surface area (Å²) in [5.74, 6) is 2.24. The number of carbonyl (C=O) groups excluding carboxylic acids is 1. The van der Waals surface area contributed by atoms with Crippen molar-refractivity contribution >= 4 is 17.5 Å². The fraction of sp³-hybridized carbons (Fsp3) is 0.750. The van der Waals surface area contributed by atoms with Crippen LogP contribution >= 0.6 is 11.6 Å². The van der Waals surface area contributed by atoms with Crippen LogP contribution in [0.5, 0.6) is 0 Å². The lowest BCUT2D eigenvalue weighted by Gasteiger charge is -2.27. The number of fused-ring (bicyclic) bond motifs is 1. The van der Waals surface area contributed by atoms with Crippen LogP contribution < -0.4 is 0 Å². The Balaban J connectivity index is 2.07. The second-order valence-electron chi connectivity index (χ2n) is 5.47. The Morgan fingerprint density at radius 3 is 2.89 bits per heavy atom. The first-order valence-corrected chi connectivity index (χ1v) is 6.71. The Morgan fingerprint density at radius 2 is 2.22 bits per heavy atom. The first kappa shape index (κ1) is 13.3. The van der Waals surface area contributed by atoms with E-state index in [1.54, 1.807) is 11.9 Å². The zero-order valence-electron chi connectivity index (χ0n) is 11.1. The molecule has 1 aliphatic rings. The van der Waals surface area contributed by atoms with E-state index in [1.807, 2.05) is 13.8 Å². The number of hydrogen-bond donors (Lipinski definition) is 0. The van der Waals surface area contributed by atoms with Gasteiger partial charge in [0.1, 0.15) is 5.82 Å². The van der Waals surface area contributed by atoms with Crippen molar-refractivity contribution in [3.8, 4) is 0 Å². The van der Waals surface area contributed by atoms with Crippen molar-refractivity contribution in [2.75, 3.05) is 12.9 Å². The van der Waals surface area contributed by atoms with E-state index in [1.165, 1.54) is 0 Å². The molecule has 0 unspecified atom stereocenters. The number of amides is 1. The van der Waals surface area contributed by atoms with Crippen LogP contribution in [0.1, 0.15) is 31.9 Å². The van der Waals surface area contributed by atoms with E-state index in [0.29, 0.717) is 12.4 Å². The highest BCUT2D eigenvalue weighted by Gasteiger charge is 2.30. The number of rotatable bonds is 4. The molecule has 0 fully saturated rings. The summed E-state index contributed by atoms with van der Waals surface area (Å²) in [6, 6.07) is 0. The summed E-state index contributed by atoms with van der Waals surface area (Å²) < 4.78 is 2.11. The third-order valence-electron chi connectivity index (χ3n) is 3.32. The number of nitrogens with zero attached hydrogens (tertiary/aromatic N) is 4. The Morgan fingerprint density at radius 1 is 1.50 bits per heavy atom. The van der Waals surface area contributed by atoms with Crippen LogP contribution in [0.25, 0.3) is 0 Å². The molecule has 0 atom stereocenters. The highest BCUT2D eigenvalue weighted by molar-refractivity contribution is 6.19. The SMILES string of the molecule is CN(Cc1nnc2n1CCC2)C(=O)C(C)(C)CCl. The van der Waals surface area contributed by atoms with Crippen LogP contribution in [0.2, 0.25) is 0 Å². The average molecular weight is 271 g/mol. The minimum atomic E-state index is -0.538. The van der Waals surface area contributed by atoms with Gasteiger partial charge in [-0.25, -0.2) is 0 Å². The summed E-state index contributed by atoms with van der Waals surface area (Å²) in [7, 11) is 1.78. The molecule has 5 nitrogen and oxygen atoms in total. The fourth-order valence-electron chi connectivity index (χ4n) is 2.19. The lowest BCUT2D eigenvalue weighted by atomic mass is 9.94. The molecule has 0 bridgehead atoms. The van der Waals surface area contributed by atoms with Crippen molar-refractivity contribution < 1.29 is 4.79 Å². The summed E-state index contributed by atoms with van der Waals surface area (Å²) >= 11 is 5.83. The van der Waals surface area contributed by atoms with Crippen LogP contribution in [0.15, 0.2) is 0 Å². The van der Waals surface area contributed by atoms with Crippen molar-refractivity contribution in [3.63, 3.8) is 0 Å². The molecule has 1 aromatic rings. The molecule has 6 heteroatoms. The van der Waals surface area contributed by atoms with Crippen molar-refractivity contribution in [2.24, 2.45) is 5.41 Å². The standard InChI is InChI=1S/C12H19ClN4O/c1-12(2,8-13)11(18)16(3)7-10-15-14-9-5-4-6-17(9)10/h4-8H2,1-3H3. The third kappa shape index (κ3) is 2.36. The molecule has 0 aromatic carbocycles. The van der Waals surface area contributed by atoms with Gasteiger partial charge in [-0.15, -0.1) is 21.8 Å². The van der Waals surface area contributed by atoms with Crippen LogP contribution in [0.4, 0.5) is 0 Å². The van der Waals surface area contributed by atoms with E-state index < -0.39 is 5.41 Å². The molecule has 1 amide bonds. The number of hydrogen-bond acceptors (Lipinski definition) is 3. The maximum atomic E-state index is 12.2. The molecule has 0 radical (unpaired) electrons. The molecule has 1 aromatic heterocycles. The van der Waals surface area contributed by atoms with Crippen molar-refractivity contribution in [2.45, 2.75) is 39.8 Å². The second kappa shape index (κ2) is 4.88. The number of carbonyl (C=O) groups is 1. The summed E-state index contributed by atoms with van der Waals surface area (Å²) in [6.45, 7) is 5.16. The lowest BCUT2D eigenvalue weighted by Crippen LogP contribution is -2.39. The van der Waals surface area contributed by atoms with Gasteiger partial charge in [-0.1, -0.05) is 0 Å². The minimum Gasteiger partial charge on any atom is -0.338 e. The zero-order chi connectivity index (χ0) is 13.3. The molecule has 100 valence electrons. The van der Waals surface area contributed by atoms with E-state index in [9.17, 15) is 4.79 Å². The summed E-state index contributed by atoms with van der Waals surface area (Å²) in [6.07, 6.45) is 2.10. The Labute approximate surface area is 112 Å². The predicted octanol–water partition coefficient (Wildman–Crippen LogP) is 1.45. The van der Waals surface area contributed by atoms with Gasteiger partial charge in [0, 0.05) is 25.9 Å². The molecular formula is C12H19ClN4O. The third-order valence-corrected chi connectivity index (χ3v) is 3.99. The van der Waals surface area contributed by atoms with Crippen LogP contribution in [0, 0.1) is 5.41 Å². The number of halogens is 1. The lowest BCUT2D eigenvalue weighted by molar-refractivity contribution is -0.138. The van der Waals surface area contributed by atoms with Gasteiger partial charge in [0.15, 0.2) is 5.82 Å². The molecule has 0 spiro atoms. The van der Waals surface area contributed by atoms with Gasteiger partial charge in [-0.3, -0.25) is 4.79 Å². The number of aromatic nitrogens is 3. The summed E-state index contributed by atoms with van der Waals surface area (Å²) in [4.78, 5) is 13.9. The van der Waals surface area contributed by atoms with Gasteiger partial charge in [0.2, 0.25) is 5.91 Å². The molecule has 1 aliphatic heterocycles. The van der Waals surface area contributed by atoms with Gasteiger partial charge in [0.05, 0.1) is 12.0 Å². The molecule has 18 heavy (non-hydrogen) atoms. The van der Waals surface area contributed by atoms with E-state index >= 15 is 0 Å². The smallest absolute Gasteiger partial charge is 0.229 e. The molecular weight excluding hydrogens is 252 g/mol. The number of alkyl halides is 1. The zero-order valence-corrected chi connectivity index (χ0v) is 11.9. The molecule has 0 aliphatic carbocycles. The fourth-order valence-corrected chi connectivity index (χ4v) is 2.30. The first-order chi connectivity index (χ1) is 8.45. The molecule has 0 saturated carbocycles. The number of aryl methyl sites for hydroxylation is 1. The molecule has 2 rings (SSSR count). The maximum Gasteiger partial charge on any atom is 0.229 e. The van der Waals surface area contributed by atoms with Crippen molar-refractivity contribution in [3.05, 3.63) is 11.6 Å². The van der Waals surface area contributed by atoms with E-state index in [2.05, 4.69) is 14.8 Å². The van der Waals surface area contributed by atoms with Crippen LogP contribution in [-0.2, 0) is 24.3 Å². The van der Waals surface area contributed by atoms with Gasteiger partial charge in [0.25, 0.3) is 0 Å². The summed E-state index contributed by atoms with van der Waals surface area (Å²) in [5, 5.41) is 8.29. The molecule has 2 heterocycles. The van der Waals surface area contributed by atoms with Crippen LogP contribution in [-0.4, -0.2) is 38.5 Å². The second-order valence-corrected chi connectivity index (χ2v) is 5.73. The molecule has 0 saturated heterocycles. The normalized spacial score (nSPS) is 14.7. The Kier molecular flexibility index (Phi) is 3.61. The van der Waals surface area contributed by atoms with Gasteiger partial charge < -0.3 is 9.47 Å². The highest BCUT2D eigenvalue weighted by atomic mass is 35.5. The average Bonchev–Trinajstić information content (AvgIpc) is 2.93. The first-order valence-electron chi connectivity index (χ1n) is 6.18. The van der Waals surface area contributed by atoms with E-state index in [4.69, 9.17) is 11.6 Å². The predicted molar refractivity (Wildman–Crippen MR) is 69.3 cm³/mol. The van der Waals surface area contributed by atoms with Gasteiger partial charge >= 0.3 is 0 Å². The largest absolute Gasteiger partial charge is 0.338 e. The monoisotopic (exact) mass is 270 g/mol.